The van der Waals surface area contributed by atoms with E-state index in [1.165, 1.54) is 37.5 Å². The topological polar surface area (TPSA) is 113 Å². The molecule has 1 aliphatic rings. The minimum Gasteiger partial charge on any atom is -0.507 e. The Morgan fingerprint density at radius 2 is 1.81 bits per heavy atom. The van der Waals surface area contributed by atoms with Crippen LogP contribution in [0.1, 0.15) is 35.7 Å². The summed E-state index contributed by atoms with van der Waals surface area (Å²) in [6.45, 7) is 1.64. The highest BCUT2D eigenvalue weighted by atomic mass is 16.5. The second kappa shape index (κ2) is 8.64. The number of phenols is 1. The highest BCUT2D eigenvalue weighted by Crippen LogP contribution is 2.30. The van der Waals surface area contributed by atoms with Crippen LogP contribution < -0.4 is 4.74 Å². The van der Waals surface area contributed by atoms with Gasteiger partial charge in [-0.3, -0.25) is 4.79 Å². The largest absolute Gasteiger partial charge is 0.507 e. The third-order valence-corrected chi connectivity index (χ3v) is 3.95. The van der Waals surface area contributed by atoms with Crippen molar-refractivity contribution in [2.75, 3.05) is 7.11 Å². The number of aliphatic hydroxyl groups is 2. The molecule has 7 nitrogen and oxygen atoms in total. The van der Waals surface area contributed by atoms with E-state index in [9.17, 15) is 24.9 Å². The molecule has 0 bridgehead atoms. The van der Waals surface area contributed by atoms with Crippen molar-refractivity contribution < 1.29 is 34.4 Å². The molecule has 1 aromatic carbocycles. The first kappa shape index (κ1) is 19.7. The maximum Gasteiger partial charge on any atom is 0.342 e. The number of carbonyl (C=O) groups is 2. The van der Waals surface area contributed by atoms with Crippen LogP contribution in [0.25, 0.3) is 6.08 Å². The molecule has 0 fully saturated rings. The molecule has 0 amide bonds. The number of ether oxygens (including phenoxy) is 2. The van der Waals surface area contributed by atoms with Gasteiger partial charge >= 0.3 is 5.97 Å². The third kappa shape index (κ3) is 4.71. The lowest BCUT2D eigenvalue weighted by Gasteiger charge is -2.16. The van der Waals surface area contributed by atoms with Crippen molar-refractivity contribution in [2.24, 2.45) is 0 Å². The smallest absolute Gasteiger partial charge is 0.342 e. The molecule has 0 spiro atoms. The van der Waals surface area contributed by atoms with E-state index in [2.05, 4.69) is 0 Å². The lowest BCUT2D eigenvalue weighted by Crippen LogP contribution is -2.32. The zero-order valence-corrected chi connectivity index (χ0v) is 14.6. The van der Waals surface area contributed by atoms with Crippen LogP contribution in [0.2, 0.25) is 0 Å². The van der Waals surface area contributed by atoms with Crippen molar-refractivity contribution in [1.82, 2.24) is 0 Å². The van der Waals surface area contributed by atoms with Gasteiger partial charge < -0.3 is 24.8 Å². The summed E-state index contributed by atoms with van der Waals surface area (Å²) in [7, 11) is 1.42. The molecule has 7 heteroatoms. The average Bonchev–Trinajstić information content (AvgIpc) is 2.59. The third-order valence-electron chi connectivity index (χ3n) is 3.95. The van der Waals surface area contributed by atoms with Gasteiger partial charge in [0.1, 0.15) is 29.3 Å². The normalized spacial score (nSPS) is 27.0. The van der Waals surface area contributed by atoms with Crippen molar-refractivity contribution in [3.63, 3.8) is 0 Å². The van der Waals surface area contributed by atoms with E-state index < -0.39 is 30.1 Å². The highest BCUT2D eigenvalue weighted by Gasteiger charge is 2.23. The first-order chi connectivity index (χ1) is 12.3. The van der Waals surface area contributed by atoms with Gasteiger partial charge in [0, 0.05) is 12.5 Å². The SMILES string of the molecule is COc1cc(O)c2c(c1)/C=C/C[C@@H](O)[C@@H](O)C(=O)/C=C/C[C@H](C)OC2=O. The van der Waals surface area contributed by atoms with Gasteiger partial charge in [-0.25, -0.2) is 4.79 Å². The first-order valence-electron chi connectivity index (χ1n) is 8.18. The van der Waals surface area contributed by atoms with Gasteiger partial charge in [-0.05, 0) is 31.1 Å². The number of cyclic esters (lactones) is 1. The molecule has 0 radical (unpaired) electrons. The van der Waals surface area contributed by atoms with E-state index in [1.54, 1.807) is 6.92 Å². The average molecular weight is 362 g/mol. The number of benzene rings is 1. The van der Waals surface area contributed by atoms with Crippen LogP contribution in [-0.2, 0) is 9.53 Å². The highest BCUT2D eigenvalue weighted by molar-refractivity contribution is 5.97. The molecule has 0 unspecified atom stereocenters. The molecule has 1 aromatic rings. The van der Waals surface area contributed by atoms with E-state index in [-0.39, 0.29) is 24.2 Å². The molecule has 2 rings (SSSR count). The van der Waals surface area contributed by atoms with E-state index >= 15 is 0 Å². The van der Waals surface area contributed by atoms with E-state index in [0.29, 0.717) is 11.3 Å². The zero-order valence-electron chi connectivity index (χ0n) is 14.6. The summed E-state index contributed by atoms with van der Waals surface area (Å²) in [5, 5.41) is 30.0. The number of rotatable bonds is 1. The summed E-state index contributed by atoms with van der Waals surface area (Å²) in [4.78, 5) is 24.3. The quantitative estimate of drug-likeness (QED) is 0.650. The lowest BCUT2D eigenvalue weighted by molar-refractivity contribution is -0.127. The number of aliphatic hydroxyl groups excluding tert-OH is 2. The number of phenolic OH excluding ortho intramolecular Hbond substituents is 1. The van der Waals surface area contributed by atoms with Gasteiger partial charge in [-0.2, -0.15) is 0 Å². The minimum atomic E-state index is -1.55. The molecule has 3 atom stereocenters. The lowest BCUT2D eigenvalue weighted by atomic mass is 10.0. The Balaban J connectivity index is 2.45. The summed E-state index contributed by atoms with van der Waals surface area (Å²) in [6.07, 6.45) is 2.42. The van der Waals surface area contributed by atoms with Gasteiger partial charge in [0.05, 0.1) is 13.2 Å². The standard InChI is InChI=1S/C19H22O7/c1-11-5-3-7-14(20)18(23)15(21)8-4-6-12-9-13(25-2)10-16(22)17(12)19(24)26-11/h3-4,6-7,9-11,15,18,21-23H,5,8H2,1-2H3/b6-4+,7-3+/t11-,15+,18-/m0/s1. The summed E-state index contributed by atoms with van der Waals surface area (Å²) < 4.78 is 10.4. The van der Waals surface area contributed by atoms with Gasteiger partial charge in [-0.1, -0.05) is 18.2 Å². The molecule has 0 saturated carbocycles. The number of hydrogen-bond acceptors (Lipinski definition) is 7. The van der Waals surface area contributed by atoms with Crippen molar-refractivity contribution in [3.8, 4) is 11.5 Å². The van der Waals surface area contributed by atoms with Crippen molar-refractivity contribution in [3.05, 3.63) is 41.5 Å². The Bertz CT molecular complexity index is 736. The first-order valence-corrected chi connectivity index (χ1v) is 8.18. The van der Waals surface area contributed by atoms with Crippen LogP contribution in [-0.4, -0.2) is 52.5 Å². The van der Waals surface area contributed by atoms with Crippen LogP contribution in [0.5, 0.6) is 11.5 Å². The Kier molecular flexibility index (Phi) is 6.54. The minimum absolute atomic E-state index is 0.0242. The number of hydrogen-bond donors (Lipinski definition) is 3. The summed E-state index contributed by atoms with van der Waals surface area (Å²) in [6, 6.07) is 2.84. The molecule has 0 aliphatic carbocycles. The van der Waals surface area contributed by atoms with Crippen LogP contribution in [0.15, 0.2) is 30.4 Å². The fraction of sp³-hybridized carbons (Fsp3) is 0.368. The Labute approximate surface area is 151 Å². The summed E-state index contributed by atoms with van der Waals surface area (Å²) in [5.41, 5.74) is 0.306. The van der Waals surface area contributed by atoms with Crippen LogP contribution in [0, 0.1) is 0 Å². The summed E-state index contributed by atoms with van der Waals surface area (Å²) >= 11 is 0. The molecule has 0 aromatic heterocycles. The number of fused-ring (bicyclic) bond motifs is 1. The fourth-order valence-electron chi connectivity index (χ4n) is 2.51. The van der Waals surface area contributed by atoms with Crippen molar-refractivity contribution >= 4 is 17.8 Å². The second-order valence-corrected chi connectivity index (χ2v) is 6.02. The van der Waals surface area contributed by atoms with Gasteiger partial charge in [0.25, 0.3) is 0 Å². The van der Waals surface area contributed by atoms with Gasteiger partial charge in [-0.15, -0.1) is 0 Å². The van der Waals surface area contributed by atoms with Gasteiger partial charge in [0.15, 0.2) is 5.78 Å². The van der Waals surface area contributed by atoms with E-state index in [1.807, 2.05) is 0 Å². The van der Waals surface area contributed by atoms with Crippen molar-refractivity contribution in [2.45, 2.75) is 38.1 Å². The predicted molar refractivity (Wildman–Crippen MR) is 94.0 cm³/mol. The van der Waals surface area contributed by atoms with E-state index in [4.69, 9.17) is 9.47 Å². The number of methoxy groups -OCH3 is 1. The zero-order chi connectivity index (χ0) is 19.3. The number of esters is 1. The Morgan fingerprint density at radius 3 is 2.50 bits per heavy atom. The second-order valence-electron chi connectivity index (χ2n) is 6.02. The maximum atomic E-state index is 12.4. The molecule has 1 aliphatic heterocycles. The van der Waals surface area contributed by atoms with Crippen LogP contribution >= 0.6 is 0 Å². The van der Waals surface area contributed by atoms with E-state index in [0.717, 1.165) is 6.08 Å². The molecule has 0 saturated heterocycles. The summed E-state index contributed by atoms with van der Waals surface area (Å²) in [5.74, 6) is -1.29. The molecular weight excluding hydrogens is 340 g/mol. The van der Waals surface area contributed by atoms with Crippen LogP contribution in [0.3, 0.4) is 0 Å². The van der Waals surface area contributed by atoms with Crippen LogP contribution in [0.4, 0.5) is 0 Å². The Morgan fingerprint density at radius 1 is 1.12 bits per heavy atom. The fourth-order valence-corrected chi connectivity index (χ4v) is 2.51. The van der Waals surface area contributed by atoms with Gasteiger partial charge in [0.2, 0.25) is 0 Å². The van der Waals surface area contributed by atoms with Crippen molar-refractivity contribution in [1.29, 1.82) is 0 Å². The monoisotopic (exact) mass is 362 g/mol. The molecule has 3 N–H and O–H groups in total. The molecule has 26 heavy (non-hydrogen) atoms. The number of aromatic hydroxyl groups is 1. The number of carbonyl (C=O) groups excluding carboxylic acids is 2. The maximum absolute atomic E-state index is 12.4. The molecule has 1 heterocycles. The molecular formula is C19H22O7. The Hall–Kier alpha value is -2.64. The molecule has 140 valence electrons. The number of ketones is 1. The predicted octanol–water partition coefficient (Wildman–Crippen LogP) is 1.60.